The molecule has 25 heavy (non-hydrogen) atoms. The lowest BCUT2D eigenvalue weighted by Crippen LogP contribution is -2.46. The van der Waals surface area contributed by atoms with Crippen molar-refractivity contribution in [1.29, 1.82) is 0 Å². The Kier molecular flexibility index (Phi) is 9.51. The maximum Gasteiger partial charge on any atom is 0.211 e. The van der Waals surface area contributed by atoms with E-state index in [2.05, 4.69) is 37.4 Å². The average Bonchev–Trinajstić information content (AvgIpc) is 3.07. The second kappa shape index (κ2) is 10.8. The molecule has 1 unspecified atom stereocenters. The first kappa shape index (κ1) is 22.0. The molecule has 3 N–H and O–H groups in total. The molecule has 1 fully saturated rings. The minimum Gasteiger partial charge on any atom is -0.369 e. The SMILES string of the molecule is CCS(=O)(=O)NCCNC(=NC)NC1CCN(c2ccccc2)C1.I. The summed E-state index contributed by atoms with van der Waals surface area (Å²) < 4.78 is 25.3. The molecule has 7 nitrogen and oxygen atoms in total. The minimum atomic E-state index is -3.14. The van der Waals surface area contributed by atoms with Crippen LogP contribution < -0.4 is 20.3 Å². The third-order valence-corrected chi connectivity index (χ3v) is 5.40. The molecule has 0 amide bonds. The summed E-state index contributed by atoms with van der Waals surface area (Å²) in [4.78, 5) is 6.55. The molecule has 1 atom stereocenters. The molecule has 1 saturated heterocycles. The molecule has 1 heterocycles. The fraction of sp³-hybridized carbons (Fsp3) is 0.562. The first-order valence-corrected chi connectivity index (χ1v) is 9.94. The molecular formula is C16H28IN5O2S. The quantitative estimate of drug-likeness (QED) is 0.234. The maximum absolute atomic E-state index is 11.4. The minimum absolute atomic E-state index is 0. The number of hydrogen-bond donors (Lipinski definition) is 3. The molecule has 0 spiro atoms. The van der Waals surface area contributed by atoms with Gasteiger partial charge in [-0.2, -0.15) is 0 Å². The van der Waals surface area contributed by atoms with E-state index in [1.54, 1.807) is 14.0 Å². The second-order valence-electron chi connectivity index (χ2n) is 5.71. The van der Waals surface area contributed by atoms with Crippen LogP contribution in [0.4, 0.5) is 5.69 Å². The number of nitrogens with zero attached hydrogens (tertiary/aromatic N) is 2. The van der Waals surface area contributed by atoms with Gasteiger partial charge in [-0.25, -0.2) is 13.1 Å². The Bertz CT molecular complexity index is 639. The smallest absolute Gasteiger partial charge is 0.211 e. The zero-order chi connectivity index (χ0) is 17.4. The number of benzene rings is 1. The lowest BCUT2D eigenvalue weighted by atomic mass is 10.3. The van der Waals surface area contributed by atoms with Crippen LogP contribution in [0.25, 0.3) is 0 Å². The summed E-state index contributed by atoms with van der Waals surface area (Å²) in [5.41, 5.74) is 1.23. The molecule has 142 valence electrons. The molecule has 9 heteroatoms. The predicted molar refractivity (Wildman–Crippen MR) is 114 cm³/mol. The second-order valence-corrected chi connectivity index (χ2v) is 7.80. The standard InChI is InChI=1S/C16H27N5O2S.HI/c1-3-24(22,23)19-11-10-18-16(17-2)20-14-9-12-21(13-14)15-7-5-4-6-8-15;/h4-8,14,19H,3,9-13H2,1-2H3,(H2,17,18,20);1H. The molecule has 2 rings (SSSR count). The molecule has 1 aliphatic rings. The molecule has 0 aromatic heterocycles. The van der Waals surface area contributed by atoms with Gasteiger partial charge in [-0.3, -0.25) is 4.99 Å². The third kappa shape index (κ3) is 7.37. The summed E-state index contributed by atoms with van der Waals surface area (Å²) >= 11 is 0. The van der Waals surface area contributed by atoms with Crippen molar-refractivity contribution in [2.24, 2.45) is 4.99 Å². The van der Waals surface area contributed by atoms with Gasteiger partial charge >= 0.3 is 0 Å². The van der Waals surface area contributed by atoms with E-state index in [1.807, 2.05) is 18.2 Å². The molecule has 0 radical (unpaired) electrons. The first-order valence-electron chi connectivity index (χ1n) is 8.28. The van der Waals surface area contributed by atoms with Crippen LogP contribution in [0.2, 0.25) is 0 Å². The summed E-state index contributed by atoms with van der Waals surface area (Å²) in [6.07, 6.45) is 1.04. The maximum atomic E-state index is 11.4. The van der Waals surface area contributed by atoms with Crippen molar-refractivity contribution in [3.8, 4) is 0 Å². The summed E-state index contributed by atoms with van der Waals surface area (Å²) in [7, 11) is -1.42. The Balaban J connectivity index is 0.00000312. The fourth-order valence-electron chi connectivity index (χ4n) is 2.63. The Hall–Kier alpha value is -1.07. The van der Waals surface area contributed by atoms with Gasteiger partial charge in [-0.15, -0.1) is 24.0 Å². The Morgan fingerprint density at radius 1 is 1.28 bits per heavy atom. The molecule has 1 aliphatic heterocycles. The van der Waals surface area contributed by atoms with Gasteiger partial charge in [0.1, 0.15) is 0 Å². The highest BCUT2D eigenvalue weighted by Gasteiger charge is 2.23. The van der Waals surface area contributed by atoms with E-state index in [4.69, 9.17) is 0 Å². The Morgan fingerprint density at radius 3 is 2.64 bits per heavy atom. The fourth-order valence-corrected chi connectivity index (χ4v) is 3.25. The highest BCUT2D eigenvalue weighted by Crippen LogP contribution is 2.19. The lowest BCUT2D eigenvalue weighted by Gasteiger charge is -2.20. The summed E-state index contributed by atoms with van der Waals surface area (Å²) in [6, 6.07) is 10.7. The molecule has 1 aromatic carbocycles. The van der Waals surface area contributed by atoms with E-state index >= 15 is 0 Å². The number of sulfonamides is 1. The number of anilines is 1. The van der Waals surface area contributed by atoms with Gasteiger partial charge < -0.3 is 15.5 Å². The van der Waals surface area contributed by atoms with Crippen LogP contribution in [-0.2, 0) is 10.0 Å². The first-order chi connectivity index (χ1) is 11.5. The van der Waals surface area contributed by atoms with Gasteiger partial charge in [-0.1, -0.05) is 18.2 Å². The van der Waals surface area contributed by atoms with Crippen molar-refractivity contribution in [1.82, 2.24) is 15.4 Å². The number of aliphatic imine (C=N–C) groups is 1. The molecule has 0 aliphatic carbocycles. The van der Waals surface area contributed by atoms with Crippen LogP contribution in [0.1, 0.15) is 13.3 Å². The number of nitrogens with one attached hydrogen (secondary N) is 3. The molecule has 0 saturated carbocycles. The molecule has 1 aromatic rings. The van der Waals surface area contributed by atoms with Gasteiger partial charge in [0.25, 0.3) is 0 Å². The van der Waals surface area contributed by atoms with E-state index in [9.17, 15) is 8.42 Å². The number of para-hydroxylation sites is 1. The topological polar surface area (TPSA) is 85.8 Å². The average molecular weight is 481 g/mol. The molecular weight excluding hydrogens is 453 g/mol. The summed E-state index contributed by atoms with van der Waals surface area (Å²) in [5, 5.41) is 6.54. The normalized spacial score (nSPS) is 17.9. The highest BCUT2D eigenvalue weighted by molar-refractivity contribution is 14.0. The van der Waals surface area contributed by atoms with Crippen molar-refractivity contribution in [3.63, 3.8) is 0 Å². The van der Waals surface area contributed by atoms with Crippen LogP contribution in [0.15, 0.2) is 35.3 Å². The Morgan fingerprint density at radius 2 is 2.00 bits per heavy atom. The van der Waals surface area contributed by atoms with E-state index in [1.165, 1.54) is 5.69 Å². The van der Waals surface area contributed by atoms with Gasteiger partial charge in [0.2, 0.25) is 10.0 Å². The van der Waals surface area contributed by atoms with E-state index in [-0.39, 0.29) is 29.7 Å². The van der Waals surface area contributed by atoms with Crippen molar-refractivity contribution < 1.29 is 8.42 Å². The van der Waals surface area contributed by atoms with Gasteiger partial charge in [0.15, 0.2) is 5.96 Å². The van der Waals surface area contributed by atoms with Crippen molar-refractivity contribution in [2.45, 2.75) is 19.4 Å². The van der Waals surface area contributed by atoms with Crippen LogP contribution in [0, 0.1) is 0 Å². The summed E-state index contributed by atoms with van der Waals surface area (Å²) in [6.45, 7) is 4.39. The van der Waals surface area contributed by atoms with Crippen molar-refractivity contribution in [3.05, 3.63) is 30.3 Å². The van der Waals surface area contributed by atoms with Crippen LogP contribution >= 0.6 is 24.0 Å². The zero-order valence-electron chi connectivity index (χ0n) is 14.7. The number of hydrogen-bond acceptors (Lipinski definition) is 4. The van der Waals surface area contributed by atoms with Crippen molar-refractivity contribution >= 4 is 45.6 Å². The largest absolute Gasteiger partial charge is 0.369 e. The lowest BCUT2D eigenvalue weighted by molar-refractivity contribution is 0.581. The monoisotopic (exact) mass is 481 g/mol. The zero-order valence-corrected chi connectivity index (χ0v) is 17.9. The van der Waals surface area contributed by atoms with Crippen LogP contribution in [-0.4, -0.2) is 59.4 Å². The summed E-state index contributed by atoms with van der Waals surface area (Å²) in [5.74, 6) is 0.794. The van der Waals surface area contributed by atoms with E-state index in [0.29, 0.717) is 25.1 Å². The number of halogens is 1. The van der Waals surface area contributed by atoms with Gasteiger partial charge in [0, 0.05) is 45.0 Å². The van der Waals surface area contributed by atoms with Gasteiger partial charge in [0.05, 0.1) is 5.75 Å². The van der Waals surface area contributed by atoms with Gasteiger partial charge in [-0.05, 0) is 25.5 Å². The van der Waals surface area contributed by atoms with E-state index in [0.717, 1.165) is 19.5 Å². The highest BCUT2D eigenvalue weighted by atomic mass is 127. The molecule has 0 bridgehead atoms. The number of guanidine groups is 1. The predicted octanol–water partition coefficient (Wildman–Crippen LogP) is 0.988. The Labute approximate surface area is 167 Å². The van der Waals surface area contributed by atoms with E-state index < -0.39 is 10.0 Å². The van der Waals surface area contributed by atoms with Crippen molar-refractivity contribution in [2.75, 3.05) is 43.9 Å². The van der Waals surface area contributed by atoms with Crippen LogP contribution in [0.5, 0.6) is 0 Å². The number of rotatable bonds is 7. The third-order valence-electron chi connectivity index (χ3n) is 3.99. The van der Waals surface area contributed by atoms with Crippen LogP contribution in [0.3, 0.4) is 0 Å².